The molecular formula is C14H16N2OS2. The minimum Gasteiger partial charge on any atom is -0.366 e. The van der Waals surface area contributed by atoms with Crippen LogP contribution in [0.2, 0.25) is 0 Å². The molecule has 1 aromatic heterocycles. The van der Waals surface area contributed by atoms with E-state index in [9.17, 15) is 4.79 Å². The van der Waals surface area contributed by atoms with Gasteiger partial charge in [0.2, 0.25) is 5.91 Å². The number of nitrogens with one attached hydrogen (secondary N) is 1. The molecule has 3 N–H and O–H groups in total. The van der Waals surface area contributed by atoms with Crippen LogP contribution in [0.4, 0.5) is 0 Å². The lowest BCUT2D eigenvalue weighted by Crippen LogP contribution is -2.16. The average molecular weight is 292 g/mol. The van der Waals surface area contributed by atoms with Crippen molar-refractivity contribution in [2.45, 2.75) is 11.4 Å². The zero-order valence-corrected chi connectivity index (χ0v) is 12.1. The summed E-state index contributed by atoms with van der Waals surface area (Å²) in [5.41, 5.74) is 5.81. The summed E-state index contributed by atoms with van der Waals surface area (Å²) in [6.45, 7) is 1.72. The Bertz CT molecular complexity index is 525. The first-order chi connectivity index (χ1) is 9.25. The Morgan fingerprint density at radius 2 is 2.11 bits per heavy atom. The minimum atomic E-state index is -0.359. The summed E-state index contributed by atoms with van der Waals surface area (Å²) in [6.07, 6.45) is 0. The van der Waals surface area contributed by atoms with Gasteiger partial charge in [-0.05, 0) is 18.2 Å². The van der Waals surface area contributed by atoms with Crippen molar-refractivity contribution in [3.63, 3.8) is 0 Å². The lowest BCUT2D eigenvalue weighted by atomic mass is 10.3. The van der Waals surface area contributed by atoms with Crippen LogP contribution in [0.15, 0.2) is 46.7 Å². The number of carbonyl (C=O) groups excluding carboxylic acids is 1. The zero-order valence-electron chi connectivity index (χ0n) is 10.5. The van der Waals surface area contributed by atoms with Gasteiger partial charge < -0.3 is 11.1 Å². The van der Waals surface area contributed by atoms with Crippen LogP contribution in [0, 0.1) is 0 Å². The summed E-state index contributed by atoms with van der Waals surface area (Å²) in [5, 5.41) is 5.17. The topological polar surface area (TPSA) is 55.1 Å². The largest absolute Gasteiger partial charge is 0.366 e. The summed E-state index contributed by atoms with van der Waals surface area (Å²) in [6, 6.07) is 12.2. The van der Waals surface area contributed by atoms with Crippen molar-refractivity contribution in [3.05, 3.63) is 52.2 Å². The Kier molecular flexibility index (Phi) is 5.44. The molecule has 1 aromatic carbocycles. The van der Waals surface area contributed by atoms with E-state index >= 15 is 0 Å². The second kappa shape index (κ2) is 7.33. The Labute approximate surface area is 121 Å². The molecule has 100 valence electrons. The van der Waals surface area contributed by atoms with Crippen molar-refractivity contribution in [2.24, 2.45) is 5.73 Å². The maximum Gasteiger partial charge on any atom is 0.249 e. The van der Waals surface area contributed by atoms with Gasteiger partial charge in [0, 0.05) is 34.0 Å². The van der Waals surface area contributed by atoms with E-state index in [1.807, 2.05) is 36.0 Å². The van der Waals surface area contributed by atoms with E-state index in [1.54, 1.807) is 16.7 Å². The molecule has 5 heteroatoms. The lowest BCUT2D eigenvalue weighted by Gasteiger charge is -2.03. The van der Waals surface area contributed by atoms with Crippen LogP contribution < -0.4 is 11.1 Å². The Hall–Kier alpha value is -1.30. The monoisotopic (exact) mass is 292 g/mol. The van der Waals surface area contributed by atoms with Gasteiger partial charge in [0.25, 0.3) is 0 Å². The summed E-state index contributed by atoms with van der Waals surface area (Å²) in [5.74, 6) is 0.667. The van der Waals surface area contributed by atoms with Gasteiger partial charge in [-0.15, -0.1) is 23.1 Å². The second-order valence-electron chi connectivity index (χ2n) is 4.00. The van der Waals surface area contributed by atoms with E-state index in [2.05, 4.69) is 17.4 Å². The normalized spacial score (nSPS) is 10.5. The Morgan fingerprint density at radius 3 is 2.79 bits per heavy atom. The lowest BCUT2D eigenvalue weighted by molar-refractivity contribution is 0.100. The summed E-state index contributed by atoms with van der Waals surface area (Å²) >= 11 is 3.39. The molecule has 0 spiro atoms. The van der Waals surface area contributed by atoms with E-state index in [0.717, 1.165) is 23.7 Å². The van der Waals surface area contributed by atoms with Gasteiger partial charge in [0.15, 0.2) is 0 Å². The number of thiophene rings is 1. The van der Waals surface area contributed by atoms with Gasteiger partial charge in [-0.25, -0.2) is 0 Å². The number of nitrogens with two attached hydrogens (primary N) is 1. The van der Waals surface area contributed by atoms with Crippen LogP contribution in [0.1, 0.15) is 15.2 Å². The molecule has 1 heterocycles. The maximum absolute atomic E-state index is 11.0. The highest BCUT2D eigenvalue weighted by Crippen LogP contribution is 2.16. The number of hydrogen-bond donors (Lipinski definition) is 2. The van der Waals surface area contributed by atoms with Crippen molar-refractivity contribution >= 4 is 29.0 Å². The number of thioether (sulfide) groups is 1. The molecule has 0 atom stereocenters. The summed E-state index contributed by atoms with van der Waals surface area (Å²) < 4.78 is 0. The molecule has 0 saturated carbocycles. The molecule has 2 aromatic rings. The third-order valence-corrected chi connectivity index (χ3v) is 4.48. The molecule has 0 aliphatic rings. The highest BCUT2D eigenvalue weighted by molar-refractivity contribution is 7.99. The SMILES string of the molecule is NC(=O)c1csc(CNCCSc2ccccc2)c1. The predicted octanol–water partition coefficient (Wildman–Crippen LogP) is 2.73. The minimum absolute atomic E-state index is 0.359. The number of amides is 1. The van der Waals surface area contributed by atoms with Crippen LogP contribution in [0.3, 0.4) is 0 Å². The first kappa shape index (κ1) is 14.1. The Balaban J connectivity index is 1.65. The highest BCUT2D eigenvalue weighted by atomic mass is 32.2. The fourth-order valence-electron chi connectivity index (χ4n) is 1.57. The van der Waals surface area contributed by atoms with E-state index in [4.69, 9.17) is 5.73 Å². The molecule has 0 aliphatic heterocycles. The summed E-state index contributed by atoms with van der Waals surface area (Å²) in [7, 11) is 0. The molecule has 0 unspecified atom stereocenters. The van der Waals surface area contributed by atoms with Crippen LogP contribution in [-0.2, 0) is 6.54 Å². The fraction of sp³-hybridized carbons (Fsp3) is 0.214. The molecule has 2 rings (SSSR count). The first-order valence-corrected chi connectivity index (χ1v) is 7.88. The molecule has 0 fully saturated rings. The van der Waals surface area contributed by atoms with Gasteiger partial charge in [-0.2, -0.15) is 0 Å². The van der Waals surface area contributed by atoms with Crippen LogP contribution in [0.25, 0.3) is 0 Å². The fourth-order valence-corrected chi connectivity index (χ4v) is 3.25. The smallest absolute Gasteiger partial charge is 0.249 e. The van der Waals surface area contributed by atoms with E-state index in [-0.39, 0.29) is 5.91 Å². The number of rotatable bonds is 7. The summed E-state index contributed by atoms with van der Waals surface area (Å²) in [4.78, 5) is 13.4. The van der Waals surface area contributed by atoms with Crippen molar-refractivity contribution < 1.29 is 4.79 Å². The molecule has 0 bridgehead atoms. The van der Waals surface area contributed by atoms with Crippen LogP contribution in [0.5, 0.6) is 0 Å². The third kappa shape index (κ3) is 4.70. The zero-order chi connectivity index (χ0) is 13.5. The molecule has 19 heavy (non-hydrogen) atoms. The van der Waals surface area contributed by atoms with E-state index in [1.165, 1.54) is 4.90 Å². The van der Waals surface area contributed by atoms with E-state index < -0.39 is 0 Å². The molecule has 0 aliphatic carbocycles. The van der Waals surface area contributed by atoms with Crippen molar-refractivity contribution in [3.8, 4) is 0 Å². The number of hydrogen-bond acceptors (Lipinski definition) is 4. The van der Waals surface area contributed by atoms with Gasteiger partial charge in [0.1, 0.15) is 0 Å². The van der Waals surface area contributed by atoms with Gasteiger partial charge >= 0.3 is 0 Å². The molecule has 0 radical (unpaired) electrons. The van der Waals surface area contributed by atoms with E-state index in [0.29, 0.717) is 5.56 Å². The quantitative estimate of drug-likeness (QED) is 0.609. The predicted molar refractivity (Wildman–Crippen MR) is 81.7 cm³/mol. The average Bonchev–Trinajstić information content (AvgIpc) is 2.89. The van der Waals surface area contributed by atoms with Crippen LogP contribution in [-0.4, -0.2) is 18.2 Å². The second-order valence-corrected chi connectivity index (χ2v) is 6.17. The molecular weight excluding hydrogens is 276 g/mol. The number of carbonyl (C=O) groups is 1. The third-order valence-electron chi connectivity index (χ3n) is 2.53. The first-order valence-electron chi connectivity index (χ1n) is 6.01. The molecule has 3 nitrogen and oxygen atoms in total. The van der Waals surface area contributed by atoms with Crippen molar-refractivity contribution in [2.75, 3.05) is 12.3 Å². The Morgan fingerprint density at radius 1 is 1.32 bits per heavy atom. The number of primary amides is 1. The van der Waals surface area contributed by atoms with Gasteiger partial charge in [0.05, 0.1) is 5.56 Å². The van der Waals surface area contributed by atoms with Crippen molar-refractivity contribution in [1.82, 2.24) is 5.32 Å². The highest BCUT2D eigenvalue weighted by Gasteiger charge is 2.03. The van der Waals surface area contributed by atoms with Gasteiger partial charge in [-0.1, -0.05) is 18.2 Å². The maximum atomic E-state index is 11.0. The van der Waals surface area contributed by atoms with Crippen LogP contribution >= 0.6 is 23.1 Å². The van der Waals surface area contributed by atoms with Crippen molar-refractivity contribution in [1.29, 1.82) is 0 Å². The molecule has 0 saturated heterocycles. The standard InChI is InChI=1S/C14H16N2OS2/c15-14(17)11-8-13(19-10-11)9-16-6-7-18-12-4-2-1-3-5-12/h1-5,8,10,16H,6-7,9H2,(H2,15,17). The van der Waals surface area contributed by atoms with Gasteiger partial charge in [-0.3, -0.25) is 4.79 Å². The number of benzene rings is 1. The molecule has 1 amide bonds.